The van der Waals surface area contributed by atoms with Gasteiger partial charge < -0.3 is 19.7 Å². The van der Waals surface area contributed by atoms with Gasteiger partial charge in [-0.3, -0.25) is 14.4 Å². The van der Waals surface area contributed by atoms with Gasteiger partial charge in [0, 0.05) is 24.3 Å². The zero-order valence-corrected chi connectivity index (χ0v) is 15.9. The standard InChI is InChI=1S/C21H21FN2O5/c1-2-28-18-9-7-17(8-10-18)24-12-14(11-20(24)26)21(27)29-13-19(25)23-16-5-3-15(22)4-6-16/h3-10,14H,2,11-13H2,1H3,(H,23,25). The molecule has 0 spiro atoms. The zero-order chi connectivity index (χ0) is 20.8. The molecule has 0 aliphatic carbocycles. The Balaban J connectivity index is 1.50. The lowest BCUT2D eigenvalue weighted by atomic mass is 10.1. The van der Waals surface area contributed by atoms with Gasteiger partial charge >= 0.3 is 5.97 Å². The summed E-state index contributed by atoms with van der Waals surface area (Å²) in [7, 11) is 0. The van der Waals surface area contributed by atoms with Crippen molar-refractivity contribution < 1.29 is 28.2 Å². The molecule has 1 N–H and O–H groups in total. The van der Waals surface area contributed by atoms with Crippen molar-refractivity contribution in [2.45, 2.75) is 13.3 Å². The van der Waals surface area contributed by atoms with Crippen LogP contribution in [-0.2, 0) is 19.1 Å². The number of ether oxygens (including phenoxy) is 2. The molecule has 0 bridgehead atoms. The van der Waals surface area contributed by atoms with Crippen LogP contribution in [0.4, 0.5) is 15.8 Å². The average molecular weight is 400 g/mol. The highest BCUT2D eigenvalue weighted by atomic mass is 19.1. The lowest BCUT2D eigenvalue weighted by Gasteiger charge is -2.17. The molecule has 1 atom stereocenters. The predicted molar refractivity (Wildman–Crippen MR) is 104 cm³/mol. The summed E-state index contributed by atoms with van der Waals surface area (Å²) in [6.45, 7) is 2.13. The number of carbonyl (C=O) groups is 3. The molecule has 1 saturated heterocycles. The van der Waals surface area contributed by atoms with Crippen LogP contribution >= 0.6 is 0 Å². The van der Waals surface area contributed by atoms with E-state index in [0.29, 0.717) is 23.7 Å². The van der Waals surface area contributed by atoms with Gasteiger partial charge in [0.15, 0.2) is 6.61 Å². The van der Waals surface area contributed by atoms with E-state index in [4.69, 9.17) is 9.47 Å². The van der Waals surface area contributed by atoms with Crippen LogP contribution in [0, 0.1) is 11.7 Å². The number of hydrogen-bond donors (Lipinski definition) is 1. The number of nitrogens with zero attached hydrogens (tertiary/aromatic N) is 1. The molecule has 1 aliphatic rings. The summed E-state index contributed by atoms with van der Waals surface area (Å²) in [6.07, 6.45) is 0.0195. The maximum absolute atomic E-state index is 12.9. The van der Waals surface area contributed by atoms with Crippen molar-refractivity contribution in [1.29, 1.82) is 0 Å². The summed E-state index contributed by atoms with van der Waals surface area (Å²) in [6, 6.07) is 12.3. The van der Waals surface area contributed by atoms with E-state index in [1.165, 1.54) is 29.2 Å². The van der Waals surface area contributed by atoms with Gasteiger partial charge in [-0.25, -0.2) is 4.39 Å². The predicted octanol–water partition coefficient (Wildman–Crippen LogP) is 2.76. The fourth-order valence-corrected chi connectivity index (χ4v) is 2.99. The second-order valence-corrected chi connectivity index (χ2v) is 6.50. The third-order valence-corrected chi connectivity index (χ3v) is 4.39. The van der Waals surface area contributed by atoms with Gasteiger partial charge in [0.05, 0.1) is 12.5 Å². The van der Waals surface area contributed by atoms with Crippen molar-refractivity contribution in [3.05, 3.63) is 54.3 Å². The SMILES string of the molecule is CCOc1ccc(N2CC(C(=O)OCC(=O)Nc3ccc(F)cc3)CC2=O)cc1. The van der Waals surface area contributed by atoms with Gasteiger partial charge in [-0.1, -0.05) is 0 Å². The normalized spacial score (nSPS) is 15.9. The van der Waals surface area contributed by atoms with E-state index in [2.05, 4.69) is 5.32 Å². The minimum atomic E-state index is -0.646. The number of rotatable bonds is 7. The molecule has 2 aromatic carbocycles. The van der Waals surface area contributed by atoms with E-state index in [1.54, 1.807) is 24.3 Å². The van der Waals surface area contributed by atoms with E-state index in [9.17, 15) is 18.8 Å². The van der Waals surface area contributed by atoms with E-state index >= 15 is 0 Å². The number of anilines is 2. The van der Waals surface area contributed by atoms with Crippen LogP contribution in [0.1, 0.15) is 13.3 Å². The highest BCUT2D eigenvalue weighted by molar-refractivity contribution is 6.00. The molecule has 1 heterocycles. The molecule has 0 radical (unpaired) electrons. The van der Waals surface area contributed by atoms with Crippen molar-refractivity contribution in [2.75, 3.05) is 30.0 Å². The smallest absolute Gasteiger partial charge is 0.311 e. The fourth-order valence-electron chi connectivity index (χ4n) is 2.99. The number of amides is 2. The second kappa shape index (κ2) is 9.18. The number of carbonyl (C=O) groups excluding carboxylic acids is 3. The average Bonchev–Trinajstić information content (AvgIpc) is 3.10. The Morgan fingerprint density at radius 3 is 2.48 bits per heavy atom. The molecule has 8 heteroatoms. The lowest BCUT2D eigenvalue weighted by Crippen LogP contribution is -2.28. The first-order chi connectivity index (χ1) is 14.0. The first-order valence-corrected chi connectivity index (χ1v) is 9.21. The summed E-state index contributed by atoms with van der Waals surface area (Å²) in [5.74, 6) is -1.71. The number of nitrogens with one attached hydrogen (secondary N) is 1. The lowest BCUT2D eigenvalue weighted by molar-refractivity contribution is -0.151. The molecule has 7 nitrogen and oxygen atoms in total. The first-order valence-electron chi connectivity index (χ1n) is 9.21. The molecule has 1 aliphatic heterocycles. The minimum absolute atomic E-state index is 0.0195. The number of esters is 1. The number of benzene rings is 2. The monoisotopic (exact) mass is 400 g/mol. The minimum Gasteiger partial charge on any atom is -0.494 e. The topological polar surface area (TPSA) is 84.9 Å². The highest BCUT2D eigenvalue weighted by Gasteiger charge is 2.36. The van der Waals surface area contributed by atoms with Crippen molar-refractivity contribution in [3.8, 4) is 5.75 Å². The van der Waals surface area contributed by atoms with E-state index in [-0.39, 0.29) is 18.9 Å². The van der Waals surface area contributed by atoms with Gasteiger partial charge in [-0.15, -0.1) is 0 Å². The van der Waals surface area contributed by atoms with Gasteiger partial charge in [0.25, 0.3) is 5.91 Å². The number of hydrogen-bond acceptors (Lipinski definition) is 5. The molecule has 3 rings (SSSR count). The van der Waals surface area contributed by atoms with Crippen molar-refractivity contribution in [3.63, 3.8) is 0 Å². The molecule has 29 heavy (non-hydrogen) atoms. The third kappa shape index (κ3) is 5.31. The quantitative estimate of drug-likeness (QED) is 0.723. The molecule has 2 aromatic rings. The van der Waals surface area contributed by atoms with Crippen LogP contribution in [0.25, 0.3) is 0 Å². The van der Waals surface area contributed by atoms with Crippen LogP contribution in [0.3, 0.4) is 0 Å². The van der Waals surface area contributed by atoms with Crippen LogP contribution in [-0.4, -0.2) is 37.5 Å². The number of halogens is 1. The van der Waals surface area contributed by atoms with Gasteiger partial charge in [-0.05, 0) is 55.5 Å². The summed E-state index contributed by atoms with van der Waals surface area (Å²) in [5, 5.41) is 2.50. The van der Waals surface area contributed by atoms with Crippen molar-refractivity contribution in [2.24, 2.45) is 5.92 Å². The molecule has 152 valence electrons. The Kier molecular flexibility index (Phi) is 6.43. The Morgan fingerprint density at radius 2 is 1.83 bits per heavy atom. The summed E-state index contributed by atoms with van der Waals surface area (Å²) in [4.78, 5) is 37.9. The maximum Gasteiger partial charge on any atom is 0.311 e. The van der Waals surface area contributed by atoms with Gasteiger partial charge in [-0.2, -0.15) is 0 Å². The Bertz CT molecular complexity index is 883. The first kappa shape index (κ1) is 20.3. The zero-order valence-electron chi connectivity index (χ0n) is 15.9. The fraction of sp³-hybridized carbons (Fsp3) is 0.286. The van der Waals surface area contributed by atoms with Crippen LogP contribution < -0.4 is 15.0 Å². The van der Waals surface area contributed by atoms with Crippen molar-refractivity contribution in [1.82, 2.24) is 0 Å². The Morgan fingerprint density at radius 1 is 1.14 bits per heavy atom. The van der Waals surface area contributed by atoms with Crippen LogP contribution in [0.15, 0.2) is 48.5 Å². The van der Waals surface area contributed by atoms with Crippen LogP contribution in [0.5, 0.6) is 5.75 Å². The Labute approximate surface area is 167 Å². The molecular formula is C21H21FN2O5. The second-order valence-electron chi connectivity index (χ2n) is 6.50. The molecule has 0 saturated carbocycles. The third-order valence-electron chi connectivity index (χ3n) is 4.39. The highest BCUT2D eigenvalue weighted by Crippen LogP contribution is 2.27. The van der Waals surface area contributed by atoms with E-state index in [0.717, 1.165) is 0 Å². The molecule has 0 aromatic heterocycles. The van der Waals surface area contributed by atoms with Gasteiger partial charge in [0.1, 0.15) is 11.6 Å². The molecule has 1 unspecified atom stereocenters. The Hall–Kier alpha value is -3.42. The molecular weight excluding hydrogens is 379 g/mol. The largest absolute Gasteiger partial charge is 0.494 e. The van der Waals surface area contributed by atoms with Crippen LogP contribution in [0.2, 0.25) is 0 Å². The van der Waals surface area contributed by atoms with Gasteiger partial charge in [0.2, 0.25) is 5.91 Å². The summed E-state index contributed by atoms with van der Waals surface area (Å²) >= 11 is 0. The molecule has 1 fully saturated rings. The van der Waals surface area contributed by atoms with E-state index in [1.807, 2.05) is 6.92 Å². The summed E-state index contributed by atoms with van der Waals surface area (Å²) in [5.41, 5.74) is 1.06. The van der Waals surface area contributed by atoms with E-state index < -0.39 is 30.2 Å². The molecule has 2 amide bonds. The van der Waals surface area contributed by atoms with Crippen molar-refractivity contribution >= 4 is 29.2 Å². The maximum atomic E-state index is 12.9. The summed E-state index contributed by atoms with van der Waals surface area (Å²) < 4.78 is 23.3.